The van der Waals surface area contributed by atoms with E-state index in [1.165, 1.54) is 12.3 Å². The number of hydrogen-bond donors (Lipinski definition) is 1. The van der Waals surface area contributed by atoms with E-state index in [1.54, 1.807) is 24.3 Å². The van der Waals surface area contributed by atoms with Gasteiger partial charge in [-0.1, -0.05) is 53.0 Å². The van der Waals surface area contributed by atoms with E-state index < -0.39 is 21.2 Å². The summed E-state index contributed by atoms with van der Waals surface area (Å²) in [6.07, 6.45) is 1.33. The minimum Gasteiger partial charge on any atom is -0.486 e. The molecule has 12 heteroatoms. The molecule has 0 heterocycles. The number of nitro benzene ring substituents is 2. The van der Waals surface area contributed by atoms with Crippen molar-refractivity contribution in [1.29, 1.82) is 0 Å². The van der Waals surface area contributed by atoms with Gasteiger partial charge in [0.25, 0.3) is 5.69 Å². The predicted octanol–water partition coefficient (Wildman–Crippen LogP) is 6.49. The van der Waals surface area contributed by atoms with Crippen LogP contribution in [0.2, 0.25) is 15.1 Å². The zero-order valence-electron chi connectivity index (χ0n) is 16.0. The normalized spacial score (nSPS) is 10.8. The number of anilines is 1. The van der Waals surface area contributed by atoms with Crippen LogP contribution in [-0.4, -0.2) is 16.1 Å². The molecule has 3 aromatic carbocycles. The van der Waals surface area contributed by atoms with Crippen molar-refractivity contribution in [1.82, 2.24) is 0 Å². The molecule has 9 nitrogen and oxygen atoms in total. The van der Waals surface area contributed by atoms with Gasteiger partial charge in [0, 0.05) is 16.7 Å². The fourth-order valence-electron chi connectivity index (χ4n) is 2.61. The molecule has 0 aliphatic rings. The van der Waals surface area contributed by atoms with E-state index in [4.69, 9.17) is 39.5 Å². The van der Waals surface area contributed by atoms with Gasteiger partial charge in [0.15, 0.2) is 5.75 Å². The molecular weight excluding hydrogens is 483 g/mol. The van der Waals surface area contributed by atoms with Crippen LogP contribution in [0.4, 0.5) is 17.1 Å². The number of hydrogen-bond acceptors (Lipinski definition) is 7. The lowest BCUT2D eigenvalue weighted by Crippen LogP contribution is -1.99. The van der Waals surface area contributed by atoms with Crippen molar-refractivity contribution in [3.8, 4) is 5.75 Å². The molecule has 0 atom stereocenters. The van der Waals surface area contributed by atoms with Gasteiger partial charge in [-0.25, -0.2) is 0 Å². The van der Waals surface area contributed by atoms with Gasteiger partial charge in [-0.15, -0.1) is 0 Å². The van der Waals surface area contributed by atoms with E-state index in [0.29, 0.717) is 10.6 Å². The van der Waals surface area contributed by atoms with Crippen molar-refractivity contribution in [3.63, 3.8) is 0 Å². The number of benzene rings is 3. The number of ether oxygens (including phenoxy) is 1. The first-order valence-electron chi connectivity index (χ1n) is 8.83. The summed E-state index contributed by atoms with van der Waals surface area (Å²) in [7, 11) is 0. The van der Waals surface area contributed by atoms with E-state index in [2.05, 4.69) is 10.5 Å². The molecule has 32 heavy (non-hydrogen) atoms. The Bertz CT molecular complexity index is 1200. The highest BCUT2D eigenvalue weighted by molar-refractivity contribution is 6.37. The van der Waals surface area contributed by atoms with Crippen LogP contribution >= 0.6 is 34.8 Å². The molecule has 0 unspecified atom stereocenters. The van der Waals surface area contributed by atoms with Crippen LogP contribution in [-0.2, 0) is 6.61 Å². The molecule has 0 saturated carbocycles. The largest absolute Gasteiger partial charge is 0.486 e. The van der Waals surface area contributed by atoms with Crippen LogP contribution < -0.4 is 10.2 Å². The summed E-state index contributed by atoms with van der Waals surface area (Å²) in [4.78, 5) is 20.5. The second-order valence-electron chi connectivity index (χ2n) is 6.28. The summed E-state index contributed by atoms with van der Waals surface area (Å²) in [6, 6.07) is 13.4. The zero-order valence-corrected chi connectivity index (χ0v) is 18.3. The van der Waals surface area contributed by atoms with Gasteiger partial charge in [0.2, 0.25) is 0 Å². The van der Waals surface area contributed by atoms with Crippen molar-refractivity contribution in [2.75, 3.05) is 5.43 Å². The maximum absolute atomic E-state index is 11.2. The fraction of sp³-hybridized carbons (Fsp3) is 0.0500. The molecule has 0 amide bonds. The Morgan fingerprint density at radius 3 is 2.25 bits per heavy atom. The van der Waals surface area contributed by atoms with Gasteiger partial charge in [-0.05, 0) is 29.8 Å². The molecule has 0 radical (unpaired) electrons. The van der Waals surface area contributed by atoms with Crippen molar-refractivity contribution in [3.05, 3.63) is 101 Å². The number of nitro groups is 2. The summed E-state index contributed by atoms with van der Waals surface area (Å²) < 4.78 is 5.70. The summed E-state index contributed by atoms with van der Waals surface area (Å²) >= 11 is 18.7. The van der Waals surface area contributed by atoms with Gasteiger partial charge in [-0.2, -0.15) is 5.10 Å². The standard InChI is InChI=1S/C20H13Cl3N4O5/c21-15-4-2-1-3-13(15)11-32-20-16(22)7-12(8-17(20)23)10-24-25-18-6-5-14(26(28)29)9-19(18)27(30)31/h1-10,25H,11H2/b24-10-. The van der Waals surface area contributed by atoms with Crippen LogP contribution in [0.1, 0.15) is 11.1 Å². The summed E-state index contributed by atoms with van der Waals surface area (Å²) in [5.74, 6) is 0.268. The quantitative estimate of drug-likeness (QED) is 0.217. The maximum atomic E-state index is 11.2. The van der Waals surface area contributed by atoms with Gasteiger partial charge in [-0.3, -0.25) is 25.7 Å². The van der Waals surface area contributed by atoms with Crippen molar-refractivity contribution >= 4 is 58.1 Å². The Hall–Kier alpha value is -3.40. The Balaban J connectivity index is 1.74. The Kier molecular flexibility index (Phi) is 7.47. The summed E-state index contributed by atoms with van der Waals surface area (Å²) in [6.45, 7) is 0.165. The third-order valence-corrected chi connectivity index (χ3v) is 5.07. The van der Waals surface area contributed by atoms with Gasteiger partial charge in [0.05, 0.1) is 32.2 Å². The van der Waals surface area contributed by atoms with Gasteiger partial charge < -0.3 is 4.74 Å². The average molecular weight is 496 g/mol. The number of nitrogens with one attached hydrogen (secondary N) is 1. The highest BCUT2D eigenvalue weighted by Crippen LogP contribution is 2.35. The lowest BCUT2D eigenvalue weighted by atomic mass is 10.2. The molecule has 0 aliphatic carbocycles. The average Bonchev–Trinajstić information content (AvgIpc) is 2.74. The van der Waals surface area contributed by atoms with Crippen molar-refractivity contribution in [2.24, 2.45) is 5.10 Å². The van der Waals surface area contributed by atoms with Crippen LogP contribution in [0.25, 0.3) is 0 Å². The van der Waals surface area contributed by atoms with E-state index in [9.17, 15) is 20.2 Å². The van der Waals surface area contributed by atoms with Gasteiger partial charge >= 0.3 is 5.69 Å². The molecule has 164 valence electrons. The van der Waals surface area contributed by atoms with Crippen LogP contribution in [0.5, 0.6) is 5.75 Å². The Morgan fingerprint density at radius 1 is 0.938 bits per heavy atom. The topological polar surface area (TPSA) is 120 Å². The first-order valence-corrected chi connectivity index (χ1v) is 9.97. The summed E-state index contributed by atoms with van der Waals surface area (Å²) in [5.41, 5.74) is 2.83. The number of nitrogens with zero attached hydrogens (tertiary/aromatic N) is 3. The van der Waals surface area contributed by atoms with E-state index in [-0.39, 0.29) is 28.1 Å². The van der Waals surface area contributed by atoms with Crippen LogP contribution in [0.15, 0.2) is 59.7 Å². The first-order chi connectivity index (χ1) is 15.3. The SMILES string of the molecule is O=[N+]([O-])c1ccc(N/N=C\c2cc(Cl)c(OCc3ccccc3Cl)c(Cl)c2)c([N+](=O)[O-])c1. The fourth-order valence-corrected chi connectivity index (χ4v) is 3.42. The Morgan fingerprint density at radius 2 is 1.62 bits per heavy atom. The second kappa shape index (κ2) is 10.3. The molecule has 0 spiro atoms. The third kappa shape index (κ3) is 5.64. The lowest BCUT2D eigenvalue weighted by Gasteiger charge is -2.11. The summed E-state index contributed by atoms with van der Waals surface area (Å²) in [5, 5.41) is 26.9. The lowest BCUT2D eigenvalue weighted by molar-refractivity contribution is -0.393. The monoisotopic (exact) mass is 494 g/mol. The second-order valence-corrected chi connectivity index (χ2v) is 7.50. The molecule has 0 fully saturated rings. The molecule has 0 bridgehead atoms. The number of rotatable bonds is 8. The van der Waals surface area contributed by atoms with Crippen molar-refractivity contribution < 1.29 is 14.6 Å². The minimum atomic E-state index is -0.746. The Labute approximate surface area is 196 Å². The van der Waals surface area contributed by atoms with Gasteiger partial charge in [0.1, 0.15) is 12.3 Å². The number of hydrazone groups is 1. The molecule has 3 rings (SSSR count). The molecule has 0 aromatic heterocycles. The maximum Gasteiger partial charge on any atom is 0.301 e. The van der Waals surface area contributed by atoms with Crippen LogP contribution in [0, 0.1) is 20.2 Å². The first kappa shape index (κ1) is 23.3. The smallest absolute Gasteiger partial charge is 0.301 e. The van der Waals surface area contributed by atoms with Crippen LogP contribution in [0.3, 0.4) is 0 Å². The third-order valence-electron chi connectivity index (χ3n) is 4.14. The van der Waals surface area contributed by atoms with E-state index >= 15 is 0 Å². The molecule has 0 saturated heterocycles. The molecule has 0 aliphatic heterocycles. The highest BCUT2D eigenvalue weighted by Gasteiger charge is 2.19. The van der Waals surface area contributed by atoms with E-state index in [0.717, 1.165) is 17.7 Å². The van der Waals surface area contributed by atoms with E-state index in [1.807, 2.05) is 12.1 Å². The van der Waals surface area contributed by atoms with Crippen molar-refractivity contribution in [2.45, 2.75) is 6.61 Å². The minimum absolute atomic E-state index is 0.0197. The number of halogens is 3. The molecule has 3 aromatic rings. The zero-order chi connectivity index (χ0) is 23.3. The molecule has 1 N–H and O–H groups in total. The number of non-ortho nitro benzene ring substituents is 1. The molecular formula is C20H13Cl3N4O5. The highest BCUT2D eigenvalue weighted by atomic mass is 35.5. The predicted molar refractivity (Wildman–Crippen MR) is 123 cm³/mol.